The second-order valence-electron chi connectivity index (χ2n) is 7.90. The Labute approximate surface area is 130 Å². The zero-order valence-electron chi connectivity index (χ0n) is 14.5. The monoisotopic (exact) mass is 295 g/mol. The first-order valence-electron chi connectivity index (χ1n) is 8.52. The van der Waals surface area contributed by atoms with Gasteiger partial charge in [0, 0.05) is 26.2 Å². The Bertz CT molecular complexity index is 361. The minimum atomic E-state index is -0.0357. The Morgan fingerprint density at radius 1 is 1.29 bits per heavy atom. The maximum Gasteiger partial charge on any atom is 0.193 e. The molecule has 2 fully saturated rings. The summed E-state index contributed by atoms with van der Waals surface area (Å²) in [6, 6.07) is 0. The number of piperidine rings is 1. The van der Waals surface area contributed by atoms with Gasteiger partial charge in [0.15, 0.2) is 5.96 Å². The van der Waals surface area contributed by atoms with Gasteiger partial charge < -0.3 is 15.0 Å². The molecule has 0 atom stereocenters. The zero-order valence-corrected chi connectivity index (χ0v) is 14.5. The van der Waals surface area contributed by atoms with E-state index in [0.717, 1.165) is 45.0 Å². The number of nitrogens with one attached hydrogen (secondary N) is 1. The average molecular weight is 295 g/mol. The molecule has 4 heteroatoms. The van der Waals surface area contributed by atoms with E-state index in [1.807, 2.05) is 0 Å². The van der Waals surface area contributed by atoms with Crippen LogP contribution in [0.25, 0.3) is 0 Å². The van der Waals surface area contributed by atoms with Gasteiger partial charge in [-0.1, -0.05) is 6.92 Å². The molecule has 0 unspecified atom stereocenters. The van der Waals surface area contributed by atoms with E-state index < -0.39 is 0 Å². The second-order valence-corrected chi connectivity index (χ2v) is 7.90. The van der Waals surface area contributed by atoms with Crippen LogP contribution in [0.4, 0.5) is 0 Å². The van der Waals surface area contributed by atoms with Gasteiger partial charge in [-0.15, -0.1) is 0 Å². The van der Waals surface area contributed by atoms with Crippen molar-refractivity contribution in [2.45, 2.75) is 72.0 Å². The van der Waals surface area contributed by atoms with Crippen LogP contribution in [0.3, 0.4) is 0 Å². The van der Waals surface area contributed by atoms with Gasteiger partial charge in [-0.05, 0) is 58.8 Å². The highest BCUT2D eigenvalue weighted by molar-refractivity contribution is 5.80. The predicted molar refractivity (Wildman–Crippen MR) is 88.8 cm³/mol. The fourth-order valence-electron chi connectivity index (χ4n) is 2.75. The fraction of sp³-hybridized carbons (Fsp3) is 0.941. The van der Waals surface area contributed by atoms with E-state index in [2.05, 4.69) is 44.8 Å². The van der Waals surface area contributed by atoms with Crippen LogP contribution in [-0.4, -0.2) is 48.7 Å². The lowest BCUT2D eigenvalue weighted by atomic mass is 10.1. The number of likely N-dealkylation sites (tertiary alicyclic amines) is 1. The number of nitrogens with zero attached hydrogens (tertiary/aromatic N) is 2. The largest absolute Gasteiger partial charge is 0.372 e. The zero-order chi connectivity index (χ0) is 15.5. The molecule has 21 heavy (non-hydrogen) atoms. The molecule has 0 aromatic heterocycles. The molecule has 1 aliphatic heterocycles. The smallest absolute Gasteiger partial charge is 0.193 e. The summed E-state index contributed by atoms with van der Waals surface area (Å²) in [5.74, 6) is 1.10. The van der Waals surface area contributed by atoms with Crippen LogP contribution in [0.2, 0.25) is 0 Å². The molecule has 0 amide bonds. The Hall–Kier alpha value is -0.770. The van der Waals surface area contributed by atoms with Crippen molar-refractivity contribution in [3.8, 4) is 0 Å². The minimum absolute atomic E-state index is 0.0357. The van der Waals surface area contributed by atoms with Gasteiger partial charge in [0.25, 0.3) is 0 Å². The number of rotatable bonds is 4. The summed E-state index contributed by atoms with van der Waals surface area (Å²) in [7, 11) is 0. The van der Waals surface area contributed by atoms with Crippen LogP contribution in [0.1, 0.15) is 60.3 Å². The molecule has 1 saturated carbocycles. The maximum atomic E-state index is 6.10. The highest BCUT2D eigenvalue weighted by Gasteiger charge is 2.37. The summed E-state index contributed by atoms with van der Waals surface area (Å²) in [6.07, 6.45) is 5.25. The molecule has 0 radical (unpaired) electrons. The van der Waals surface area contributed by atoms with E-state index in [1.165, 1.54) is 12.8 Å². The van der Waals surface area contributed by atoms with Crippen LogP contribution >= 0.6 is 0 Å². The van der Waals surface area contributed by atoms with E-state index in [9.17, 15) is 0 Å². The lowest BCUT2D eigenvalue weighted by Gasteiger charge is -2.37. The quantitative estimate of drug-likeness (QED) is 0.640. The molecular weight excluding hydrogens is 262 g/mol. The molecule has 0 spiro atoms. The summed E-state index contributed by atoms with van der Waals surface area (Å²) in [5, 5.41) is 3.45. The molecule has 0 bridgehead atoms. The molecule has 2 aliphatic rings. The third kappa shape index (κ3) is 5.50. The summed E-state index contributed by atoms with van der Waals surface area (Å²) in [4.78, 5) is 7.26. The highest BCUT2D eigenvalue weighted by Crippen LogP contribution is 2.45. The van der Waals surface area contributed by atoms with Crippen molar-refractivity contribution in [3.63, 3.8) is 0 Å². The third-order valence-corrected chi connectivity index (χ3v) is 4.31. The number of guanidine groups is 1. The molecule has 1 heterocycles. The number of hydrogen-bond donors (Lipinski definition) is 1. The van der Waals surface area contributed by atoms with Crippen LogP contribution in [-0.2, 0) is 4.74 Å². The number of ether oxygens (including phenoxy) is 1. The standard InChI is InChI=1S/C17H33N3O/c1-6-18-15(19-13-17(5)9-10-17)20-11-7-14(8-12-20)21-16(2,3)4/h14H,6-13H2,1-5H3,(H,18,19). The second kappa shape index (κ2) is 6.55. The Kier molecular flexibility index (Phi) is 5.18. The van der Waals surface area contributed by atoms with Crippen molar-refractivity contribution in [1.29, 1.82) is 0 Å². The van der Waals surface area contributed by atoms with E-state index in [1.54, 1.807) is 0 Å². The van der Waals surface area contributed by atoms with Crippen molar-refractivity contribution in [1.82, 2.24) is 10.2 Å². The van der Waals surface area contributed by atoms with Gasteiger partial charge >= 0.3 is 0 Å². The molecule has 0 aromatic rings. The highest BCUT2D eigenvalue weighted by atomic mass is 16.5. The van der Waals surface area contributed by atoms with Gasteiger partial charge in [0.1, 0.15) is 0 Å². The first kappa shape index (κ1) is 16.6. The molecule has 2 rings (SSSR count). The minimum Gasteiger partial charge on any atom is -0.372 e. The van der Waals surface area contributed by atoms with Crippen LogP contribution in [0.15, 0.2) is 4.99 Å². The van der Waals surface area contributed by atoms with Gasteiger partial charge in [-0.3, -0.25) is 4.99 Å². The lowest BCUT2D eigenvalue weighted by Crippen LogP contribution is -2.48. The van der Waals surface area contributed by atoms with Crippen molar-refractivity contribution in [2.24, 2.45) is 10.4 Å². The molecule has 122 valence electrons. The summed E-state index contributed by atoms with van der Waals surface area (Å²) in [5.41, 5.74) is 0.445. The molecule has 4 nitrogen and oxygen atoms in total. The van der Waals surface area contributed by atoms with Gasteiger partial charge in [0.05, 0.1) is 11.7 Å². The summed E-state index contributed by atoms with van der Waals surface area (Å²) < 4.78 is 6.10. The first-order valence-corrected chi connectivity index (χ1v) is 8.52. The van der Waals surface area contributed by atoms with E-state index in [4.69, 9.17) is 9.73 Å². The van der Waals surface area contributed by atoms with Crippen molar-refractivity contribution in [2.75, 3.05) is 26.2 Å². The van der Waals surface area contributed by atoms with E-state index in [0.29, 0.717) is 11.5 Å². The van der Waals surface area contributed by atoms with E-state index >= 15 is 0 Å². The van der Waals surface area contributed by atoms with Crippen molar-refractivity contribution < 1.29 is 4.74 Å². The molecule has 1 saturated heterocycles. The topological polar surface area (TPSA) is 36.9 Å². The van der Waals surface area contributed by atoms with E-state index in [-0.39, 0.29) is 5.60 Å². The van der Waals surface area contributed by atoms with Crippen LogP contribution < -0.4 is 5.32 Å². The lowest BCUT2D eigenvalue weighted by molar-refractivity contribution is -0.0772. The SMILES string of the molecule is CCNC(=NCC1(C)CC1)N1CCC(OC(C)(C)C)CC1. The Balaban J connectivity index is 1.85. The fourth-order valence-corrected chi connectivity index (χ4v) is 2.75. The summed E-state index contributed by atoms with van der Waals surface area (Å²) in [6.45, 7) is 14.9. The molecular formula is C17H33N3O. The summed E-state index contributed by atoms with van der Waals surface area (Å²) >= 11 is 0. The predicted octanol–water partition coefficient (Wildman–Crippen LogP) is 3.03. The van der Waals surface area contributed by atoms with Crippen LogP contribution in [0.5, 0.6) is 0 Å². The first-order chi connectivity index (χ1) is 9.81. The van der Waals surface area contributed by atoms with Gasteiger partial charge in [-0.25, -0.2) is 0 Å². The van der Waals surface area contributed by atoms with Crippen molar-refractivity contribution in [3.05, 3.63) is 0 Å². The Morgan fingerprint density at radius 3 is 2.38 bits per heavy atom. The van der Waals surface area contributed by atoms with Crippen molar-refractivity contribution >= 4 is 5.96 Å². The van der Waals surface area contributed by atoms with Gasteiger partial charge in [-0.2, -0.15) is 0 Å². The molecule has 1 N–H and O–H groups in total. The molecule has 1 aliphatic carbocycles. The normalized spacial score (nSPS) is 23.3. The number of hydrogen-bond acceptors (Lipinski definition) is 2. The average Bonchev–Trinajstić information content (AvgIpc) is 3.12. The maximum absolute atomic E-state index is 6.10. The third-order valence-electron chi connectivity index (χ3n) is 4.31. The van der Waals surface area contributed by atoms with Gasteiger partial charge in [0.2, 0.25) is 0 Å². The number of aliphatic imine (C=N–C) groups is 1. The molecule has 0 aromatic carbocycles. The van der Waals surface area contributed by atoms with Crippen LogP contribution in [0, 0.1) is 5.41 Å². The Morgan fingerprint density at radius 2 is 1.90 bits per heavy atom.